The third kappa shape index (κ3) is 5.21. The van der Waals surface area contributed by atoms with E-state index in [0.717, 1.165) is 5.76 Å². The number of hydrogen-bond donors (Lipinski definition) is 0. The molecule has 0 radical (unpaired) electrons. The SMILES string of the molecule is C=C(/C=C/C(C)C)O[Si](C)(C)C(C)(C)C. The summed E-state index contributed by atoms with van der Waals surface area (Å²) in [5.41, 5.74) is 0. The van der Waals surface area contributed by atoms with E-state index in [1.807, 2.05) is 6.08 Å². The molecule has 0 saturated carbocycles. The van der Waals surface area contributed by atoms with Crippen molar-refractivity contribution in [1.29, 1.82) is 0 Å². The Kier molecular flexibility index (Phi) is 4.85. The van der Waals surface area contributed by atoms with Crippen LogP contribution in [0.4, 0.5) is 0 Å². The van der Waals surface area contributed by atoms with Crippen molar-refractivity contribution in [2.45, 2.75) is 52.8 Å². The van der Waals surface area contributed by atoms with Gasteiger partial charge in [-0.2, -0.15) is 0 Å². The molecule has 0 aromatic rings. The monoisotopic (exact) mass is 226 g/mol. The minimum Gasteiger partial charge on any atom is -0.544 e. The molecule has 88 valence electrons. The highest BCUT2D eigenvalue weighted by Gasteiger charge is 2.38. The third-order valence-electron chi connectivity index (χ3n) is 2.86. The highest BCUT2D eigenvalue weighted by molar-refractivity contribution is 6.74. The molecule has 0 atom stereocenters. The van der Waals surface area contributed by atoms with Crippen molar-refractivity contribution in [2.24, 2.45) is 5.92 Å². The van der Waals surface area contributed by atoms with E-state index in [0.29, 0.717) is 5.92 Å². The highest BCUT2D eigenvalue weighted by Crippen LogP contribution is 2.37. The van der Waals surface area contributed by atoms with Gasteiger partial charge in [-0.05, 0) is 30.1 Å². The fourth-order valence-corrected chi connectivity index (χ4v) is 1.84. The quantitative estimate of drug-likeness (QED) is 0.382. The van der Waals surface area contributed by atoms with Gasteiger partial charge < -0.3 is 4.43 Å². The summed E-state index contributed by atoms with van der Waals surface area (Å²) in [6, 6.07) is 0. The van der Waals surface area contributed by atoms with Gasteiger partial charge in [0.1, 0.15) is 0 Å². The molecule has 0 saturated heterocycles. The molecule has 1 nitrogen and oxygen atoms in total. The average Bonchev–Trinajstić information content (AvgIpc) is 1.97. The van der Waals surface area contributed by atoms with E-state index < -0.39 is 8.32 Å². The predicted octanol–water partition coefficient (Wildman–Crippen LogP) is 4.73. The topological polar surface area (TPSA) is 9.23 Å². The zero-order valence-corrected chi connectivity index (χ0v) is 12.3. The fourth-order valence-electron chi connectivity index (χ4n) is 0.815. The Bertz CT molecular complexity index is 244. The summed E-state index contributed by atoms with van der Waals surface area (Å²) in [4.78, 5) is 0. The van der Waals surface area contributed by atoms with E-state index in [9.17, 15) is 0 Å². The summed E-state index contributed by atoms with van der Waals surface area (Å²) < 4.78 is 6.01. The molecule has 0 aromatic carbocycles. The van der Waals surface area contributed by atoms with Gasteiger partial charge in [-0.25, -0.2) is 0 Å². The second kappa shape index (κ2) is 5.02. The van der Waals surface area contributed by atoms with Crippen molar-refractivity contribution >= 4 is 8.32 Å². The highest BCUT2D eigenvalue weighted by atomic mass is 28.4. The van der Waals surface area contributed by atoms with Crippen LogP contribution in [0.3, 0.4) is 0 Å². The van der Waals surface area contributed by atoms with Crippen LogP contribution in [0.5, 0.6) is 0 Å². The Labute approximate surface area is 96.4 Å². The van der Waals surface area contributed by atoms with Gasteiger partial charge >= 0.3 is 0 Å². The summed E-state index contributed by atoms with van der Waals surface area (Å²) >= 11 is 0. The van der Waals surface area contributed by atoms with Crippen LogP contribution in [0.2, 0.25) is 18.1 Å². The normalized spacial score (nSPS) is 13.6. The van der Waals surface area contributed by atoms with E-state index in [4.69, 9.17) is 4.43 Å². The van der Waals surface area contributed by atoms with Crippen LogP contribution < -0.4 is 0 Å². The van der Waals surface area contributed by atoms with Crippen LogP contribution in [-0.2, 0) is 4.43 Å². The van der Waals surface area contributed by atoms with Gasteiger partial charge in [-0.15, -0.1) is 0 Å². The van der Waals surface area contributed by atoms with Crippen LogP contribution in [0, 0.1) is 5.92 Å². The first-order valence-electron chi connectivity index (χ1n) is 5.62. The Morgan fingerprint density at radius 3 is 2.07 bits per heavy atom. The second-order valence-corrected chi connectivity index (χ2v) is 10.7. The molecular weight excluding hydrogens is 200 g/mol. The lowest BCUT2D eigenvalue weighted by atomic mass is 10.2. The van der Waals surface area contributed by atoms with Crippen molar-refractivity contribution in [2.75, 3.05) is 0 Å². The first-order valence-corrected chi connectivity index (χ1v) is 8.53. The maximum absolute atomic E-state index is 6.01. The summed E-state index contributed by atoms with van der Waals surface area (Å²) in [5.74, 6) is 1.35. The Morgan fingerprint density at radius 1 is 1.27 bits per heavy atom. The molecule has 0 unspecified atom stereocenters. The van der Waals surface area contributed by atoms with Gasteiger partial charge in [-0.1, -0.05) is 47.3 Å². The molecule has 0 bridgehead atoms. The molecule has 0 N–H and O–H groups in total. The van der Waals surface area contributed by atoms with Gasteiger partial charge in [0.25, 0.3) is 0 Å². The Balaban J connectivity index is 4.42. The molecule has 0 heterocycles. The van der Waals surface area contributed by atoms with Crippen LogP contribution in [0.15, 0.2) is 24.5 Å². The van der Waals surface area contributed by atoms with E-state index >= 15 is 0 Å². The molecule has 15 heavy (non-hydrogen) atoms. The summed E-state index contributed by atoms with van der Waals surface area (Å²) in [6.45, 7) is 19.4. The molecule has 0 spiro atoms. The van der Waals surface area contributed by atoms with Crippen LogP contribution >= 0.6 is 0 Å². The maximum Gasteiger partial charge on any atom is 0.250 e. The number of allylic oxidation sites excluding steroid dienone is 2. The molecule has 0 fully saturated rings. The van der Waals surface area contributed by atoms with Crippen molar-refractivity contribution in [1.82, 2.24) is 0 Å². The lowest BCUT2D eigenvalue weighted by Gasteiger charge is -2.36. The minimum atomic E-state index is -1.69. The Morgan fingerprint density at radius 2 is 1.73 bits per heavy atom. The van der Waals surface area contributed by atoms with E-state index in [-0.39, 0.29) is 5.04 Å². The molecule has 0 aliphatic heterocycles. The smallest absolute Gasteiger partial charge is 0.250 e. The van der Waals surface area contributed by atoms with Crippen LogP contribution in [-0.4, -0.2) is 8.32 Å². The first-order chi connectivity index (χ1) is 6.56. The fraction of sp³-hybridized carbons (Fsp3) is 0.692. The van der Waals surface area contributed by atoms with E-state index in [1.165, 1.54) is 0 Å². The molecule has 0 aliphatic rings. The third-order valence-corrected chi connectivity index (χ3v) is 7.24. The van der Waals surface area contributed by atoms with Gasteiger partial charge in [-0.3, -0.25) is 0 Å². The summed E-state index contributed by atoms with van der Waals surface area (Å²) in [7, 11) is -1.69. The lowest BCUT2D eigenvalue weighted by molar-refractivity contribution is 0.401. The van der Waals surface area contributed by atoms with Gasteiger partial charge in [0.15, 0.2) is 0 Å². The first kappa shape index (κ1) is 14.5. The largest absolute Gasteiger partial charge is 0.544 e. The van der Waals surface area contributed by atoms with Crippen molar-refractivity contribution in [3.63, 3.8) is 0 Å². The predicted molar refractivity (Wildman–Crippen MR) is 71.4 cm³/mol. The van der Waals surface area contributed by atoms with Crippen LogP contribution in [0.1, 0.15) is 34.6 Å². The molecule has 0 amide bonds. The maximum atomic E-state index is 6.01. The zero-order chi connectivity index (χ0) is 12.3. The van der Waals surface area contributed by atoms with E-state index in [1.54, 1.807) is 0 Å². The van der Waals surface area contributed by atoms with Gasteiger partial charge in [0.2, 0.25) is 8.32 Å². The van der Waals surface area contributed by atoms with Gasteiger partial charge in [0.05, 0.1) is 5.76 Å². The molecule has 2 heteroatoms. The lowest BCUT2D eigenvalue weighted by Crippen LogP contribution is -2.40. The minimum absolute atomic E-state index is 0.238. The van der Waals surface area contributed by atoms with E-state index in [2.05, 4.69) is 60.4 Å². The zero-order valence-electron chi connectivity index (χ0n) is 11.3. The number of rotatable bonds is 4. The average molecular weight is 226 g/mol. The van der Waals surface area contributed by atoms with Crippen molar-refractivity contribution in [3.05, 3.63) is 24.5 Å². The summed E-state index contributed by atoms with van der Waals surface area (Å²) in [5, 5.41) is 0.238. The van der Waals surface area contributed by atoms with Crippen molar-refractivity contribution in [3.8, 4) is 0 Å². The molecular formula is C13H26OSi. The molecule has 0 aromatic heterocycles. The van der Waals surface area contributed by atoms with Crippen LogP contribution in [0.25, 0.3) is 0 Å². The van der Waals surface area contributed by atoms with Gasteiger partial charge in [0, 0.05) is 0 Å². The summed E-state index contributed by atoms with van der Waals surface area (Å²) in [6.07, 6.45) is 4.11. The Hall–Kier alpha value is -0.503. The second-order valence-electron chi connectivity index (χ2n) is 5.93. The number of hydrogen-bond acceptors (Lipinski definition) is 1. The standard InChI is InChI=1S/C13H26OSi/c1-11(2)9-10-12(3)14-15(7,8)13(4,5)6/h9-11H,3H2,1-2,4-8H3/b10-9+. The molecule has 0 aliphatic carbocycles. The van der Waals surface area contributed by atoms with Crippen molar-refractivity contribution < 1.29 is 4.43 Å². The molecule has 0 rings (SSSR count).